The lowest BCUT2D eigenvalue weighted by Gasteiger charge is -2.25. The number of aliphatic carboxylic acids is 1. The van der Waals surface area contributed by atoms with Crippen molar-refractivity contribution in [3.8, 4) is 11.5 Å². The van der Waals surface area contributed by atoms with E-state index in [1.165, 1.54) is 36.4 Å². The summed E-state index contributed by atoms with van der Waals surface area (Å²) in [5.41, 5.74) is -0.174. The lowest BCUT2D eigenvalue weighted by molar-refractivity contribution is -0.155. The summed E-state index contributed by atoms with van der Waals surface area (Å²) in [6.07, 6.45) is -0.339. The van der Waals surface area contributed by atoms with Crippen molar-refractivity contribution >= 4 is 28.7 Å². The van der Waals surface area contributed by atoms with Crippen LogP contribution >= 0.6 is 0 Å². The number of likely N-dealkylation sites (tertiary alicyclic amines) is 1. The summed E-state index contributed by atoms with van der Waals surface area (Å²) in [6.45, 7) is 1.07. The summed E-state index contributed by atoms with van der Waals surface area (Å²) in [5, 5.41) is 48.5. The van der Waals surface area contributed by atoms with Gasteiger partial charge in [-0.3, -0.25) is 14.4 Å². The fourth-order valence-electron chi connectivity index (χ4n) is 6.35. The summed E-state index contributed by atoms with van der Waals surface area (Å²) in [5.74, 6) is -1.88. The number of aromatic hydroxyl groups is 1. The molecule has 1 aromatic heterocycles. The third kappa shape index (κ3) is 7.81. The number of nitrogens with zero attached hydrogens (tertiary/aromatic N) is 1. The SMILES string of the molecule is O=C(COc1cccc([C@](O)(C(=O)O)c2ccccc2)c1)N[C@H]1CCN(C(=O)c2ccc(CNC[C@H](O)c3ccc(O)c4[nH]c(=O)ccc34)cc2)C1. The molecule has 1 aliphatic heterocycles. The van der Waals surface area contributed by atoms with Crippen LogP contribution in [-0.4, -0.2) is 80.4 Å². The number of H-pyrrole nitrogens is 1. The molecule has 0 saturated carbocycles. The Labute approximate surface area is 298 Å². The monoisotopic (exact) mass is 706 g/mol. The predicted molar refractivity (Wildman–Crippen MR) is 191 cm³/mol. The Bertz CT molecular complexity index is 2140. The number of rotatable bonds is 13. The van der Waals surface area contributed by atoms with Gasteiger partial charge in [0, 0.05) is 54.8 Å². The summed E-state index contributed by atoms with van der Waals surface area (Å²) in [6, 6.07) is 26.8. The molecule has 0 unspecified atom stereocenters. The summed E-state index contributed by atoms with van der Waals surface area (Å²) < 4.78 is 5.64. The van der Waals surface area contributed by atoms with Gasteiger partial charge in [0.25, 0.3) is 11.8 Å². The number of carboxylic acid groups (broad SMARTS) is 1. The number of aromatic nitrogens is 1. The van der Waals surface area contributed by atoms with Crippen molar-refractivity contribution in [2.75, 3.05) is 26.2 Å². The van der Waals surface area contributed by atoms with Crippen LogP contribution in [0.5, 0.6) is 11.5 Å². The predicted octanol–water partition coefficient (Wildman–Crippen LogP) is 2.79. The lowest BCUT2D eigenvalue weighted by atomic mass is 9.86. The zero-order chi connectivity index (χ0) is 36.8. The van der Waals surface area contributed by atoms with E-state index in [1.807, 2.05) is 12.1 Å². The van der Waals surface area contributed by atoms with Crippen LogP contribution in [0.4, 0.5) is 0 Å². The second-order valence-electron chi connectivity index (χ2n) is 12.6. The van der Waals surface area contributed by atoms with Crippen molar-refractivity contribution in [2.45, 2.75) is 30.7 Å². The molecule has 52 heavy (non-hydrogen) atoms. The van der Waals surface area contributed by atoms with Gasteiger partial charge < -0.3 is 45.7 Å². The Morgan fingerprint density at radius 1 is 0.942 bits per heavy atom. The Kier molecular flexibility index (Phi) is 10.7. The van der Waals surface area contributed by atoms with Gasteiger partial charge in [-0.1, -0.05) is 60.7 Å². The maximum atomic E-state index is 13.2. The van der Waals surface area contributed by atoms with E-state index in [1.54, 1.807) is 59.5 Å². The summed E-state index contributed by atoms with van der Waals surface area (Å²) >= 11 is 0. The van der Waals surface area contributed by atoms with Gasteiger partial charge in [0.05, 0.1) is 11.6 Å². The Hall–Kier alpha value is -6.02. The van der Waals surface area contributed by atoms with E-state index in [9.17, 15) is 39.6 Å². The van der Waals surface area contributed by atoms with E-state index in [4.69, 9.17) is 4.74 Å². The number of carboxylic acids is 1. The third-order valence-corrected chi connectivity index (χ3v) is 9.10. The Morgan fingerprint density at radius 2 is 1.69 bits per heavy atom. The van der Waals surface area contributed by atoms with E-state index in [-0.39, 0.29) is 58.8 Å². The fourth-order valence-corrected chi connectivity index (χ4v) is 6.35. The number of nitrogens with one attached hydrogen (secondary N) is 3. The summed E-state index contributed by atoms with van der Waals surface area (Å²) in [4.78, 5) is 54.0. The van der Waals surface area contributed by atoms with Gasteiger partial charge in [0.15, 0.2) is 6.61 Å². The molecule has 2 heterocycles. The number of aliphatic hydroxyl groups excluding tert-OH is 1. The molecule has 3 atom stereocenters. The van der Waals surface area contributed by atoms with Gasteiger partial charge in [-0.05, 0) is 59.5 Å². The molecule has 13 nitrogen and oxygen atoms in total. The molecule has 0 aliphatic carbocycles. The highest BCUT2D eigenvalue weighted by Crippen LogP contribution is 2.32. The zero-order valence-corrected chi connectivity index (χ0v) is 28.0. The standard InChI is InChI=1S/C39H38N4O9/c44-32-15-13-30(31-14-16-34(46)42-36(31)32)33(45)21-40-20-24-9-11-25(12-10-24)37(48)43-18-17-28(22-43)41-35(47)23-52-29-8-4-7-27(19-29)39(51,38(49)50)26-5-2-1-3-6-26/h1-16,19,28,33,40,44-45,51H,17-18,20-23H2,(H,41,47)(H,42,46)(H,49,50)/t28-,33-,39-/m0/s1. The van der Waals surface area contributed by atoms with E-state index >= 15 is 0 Å². The number of hydrogen-bond donors (Lipinski definition) is 7. The van der Waals surface area contributed by atoms with E-state index in [2.05, 4.69) is 15.6 Å². The minimum absolute atomic E-state index is 0.0788. The van der Waals surface area contributed by atoms with Gasteiger partial charge in [-0.25, -0.2) is 4.79 Å². The number of aromatic amines is 1. The zero-order valence-electron chi connectivity index (χ0n) is 28.0. The number of pyridine rings is 1. The third-order valence-electron chi connectivity index (χ3n) is 9.10. The Balaban J connectivity index is 0.965. The van der Waals surface area contributed by atoms with Gasteiger partial charge >= 0.3 is 5.97 Å². The second kappa shape index (κ2) is 15.5. The minimum atomic E-state index is -2.31. The van der Waals surface area contributed by atoms with E-state index < -0.39 is 23.6 Å². The highest BCUT2D eigenvalue weighted by atomic mass is 16.5. The van der Waals surface area contributed by atoms with Crippen LogP contribution in [0.1, 0.15) is 45.1 Å². The van der Waals surface area contributed by atoms with Crippen LogP contribution in [0.15, 0.2) is 108 Å². The average molecular weight is 707 g/mol. The van der Waals surface area contributed by atoms with Crippen LogP contribution in [0.2, 0.25) is 0 Å². The first-order chi connectivity index (χ1) is 25.0. The molecule has 0 radical (unpaired) electrons. The molecule has 0 bridgehead atoms. The number of amides is 2. The average Bonchev–Trinajstić information content (AvgIpc) is 3.62. The fraction of sp³-hybridized carbons (Fsp3) is 0.231. The van der Waals surface area contributed by atoms with Gasteiger partial charge in [0.2, 0.25) is 11.2 Å². The van der Waals surface area contributed by atoms with Crippen LogP contribution in [-0.2, 0) is 21.7 Å². The van der Waals surface area contributed by atoms with Crippen LogP contribution in [0, 0.1) is 0 Å². The van der Waals surface area contributed by atoms with Crippen LogP contribution in [0.3, 0.4) is 0 Å². The normalized spacial score (nSPS) is 15.9. The first-order valence-electron chi connectivity index (χ1n) is 16.7. The van der Waals surface area contributed by atoms with Gasteiger partial charge in [-0.15, -0.1) is 0 Å². The highest BCUT2D eigenvalue weighted by Gasteiger charge is 2.40. The number of fused-ring (bicyclic) bond motifs is 1. The number of carbonyl (C=O) groups excluding carboxylic acids is 2. The minimum Gasteiger partial charge on any atom is -0.506 e. The quantitative estimate of drug-likeness (QED) is 0.0955. The molecule has 13 heteroatoms. The summed E-state index contributed by atoms with van der Waals surface area (Å²) in [7, 11) is 0. The number of phenolic OH excluding ortho intramolecular Hbond substituents is 1. The number of hydrogen-bond acceptors (Lipinski definition) is 9. The first-order valence-corrected chi connectivity index (χ1v) is 16.7. The van der Waals surface area contributed by atoms with Crippen molar-refractivity contribution in [1.29, 1.82) is 0 Å². The topological polar surface area (TPSA) is 202 Å². The molecular formula is C39H38N4O9. The van der Waals surface area contributed by atoms with Crippen molar-refractivity contribution in [3.05, 3.63) is 141 Å². The molecule has 1 saturated heterocycles. The largest absolute Gasteiger partial charge is 0.506 e. The molecule has 6 rings (SSSR count). The van der Waals surface area contributed by atoms with Crippen molar-refractivity contribution in [3.63, 3.8) is 0 Å². The molecule has 4 aromatic carbocycles. The maximum Gasteiger partial charge on any atom is 0.345 e. The van der Waals surface area contributed by atoms with E-state index in [0.29, 0.717) is 42.6 Å². The molecule has 2 amide bonds. The molecule has 7 N–H and O–H groups in total. The van der Waals surface area contributed by atoms with Crippen molar-refractivity contribution < 1.29 is 39.5 Å². The van der Waals surface area contributed by atoms with Crippen molar-refractivity contribution in [1.82, 2.24) is 20.5 Å². The first kappa shape index (κ1) is 35.8. The Morgan fingerprint density at radius 3 is 2.44 bits per heavy atom. The van der Waals surface area contributed by atoms with Gasteiger partial charge in [0.1, 0.15) is 11.5 Å². The molecule has 268 valence electrons. The lowest BCUT2D eigenvalue weighted by Crippen LogP contribution is -2.40. The molecule has 5 aromatic rings. The number of carbonyl (C=O) groups is 3. The molecule has 1 aliphatic rings. The molecule has 0 spiro atoms. The van der Waals surface area contributed by atoms with Crippen LogP contribution in [0.25, 0.3) is 10.9 Å². The van der Waals surface area contributed by atoms with Crippen LogP contribution < -0.4 is 20.9 Å². The number of benzene rings is 4. The number of ether oxygens (including phenoxy) is 1. The van der Waals surface area contributed by atoms with Crippen molar-refractivity contribution in [2.24, 2.45) is 0 Å². The van der Waals surface area contributed by atoms with E-state index in [0.717, 1.165) is 5.56 Å². The van der Waals surface area contributed by atoms with Gasteiger partial charge in [-0.2, -0.15) is 0 Å². The smallest absolute Gasteiger partial charge is 0.345 e. The highest BCUT2D eigenvalue weighted by molar-refractivity contribution is 5.94. The second-order valence-corrected chi connectivity index (χ2v) is 12.6. The maximum absolute atomic E-state index is 13.2. The molecule has 1 fully saturated rings. The number of phenols is 1. The molecular weight excluding hydrogens is 668 g/mol. The number of aliphatic hydroxyl groups is 2.